The van der Waals surface area contributed by atoms with Crippen LogP contribution in [0.1, 0.15) is 19.3 Å². The highest BCUT2D eigenvalue weighted by molar-refractivity contribution is 6.08. The molecule has 156 valence electrons. The van der Waals surface area contributed by atoms with Gasteiger partial charge in [-0.2, -0.15) is 0 Å². The second-order valence-electron chi connectivity index (χ2n) is 8.09. The molecule has 2 fully saturated rings. The van der Waals surface area contributed by atoms with Crippen LogP contribution in [0.15, 0.2) is 66.7 Å². The standard InChI is InChI=1S/C25H23N3O3/c29-23-9-4-14-27(23)20-12-10-19(11-13-20)26-25(31)18-15-24(30)28(16-18)22-8-3-6-17-5-1-2-7-21(17)22/h1-3,5-8,10-13,18H,4,9,14-16H2,(H,26,31). The number of nitrogens with zero attached hydrogens (tertiary/aromatic N) is 2. The molecule has 0 radical (unpaired) electrons. The molecule has 0 bridgehead atoms. The van der Waals surface area contributed by atoms with Gasteiger partial charge >= 0.3 is 0 Å². The lowest BCUT2D eigenvalue weighted by atomic mass is 10.1. The molecule has 31 heavy (non-hydrogen) atoms. The van der Waals surface area contributed by atoms with Crippen LogP contribution in [0.3, 0.4) is 0 Å². The summed E-state index contributed by atoms with van der Waals surface area (Å²) >= 11 is 0. The Kier molecular flexibility index (Phi) is 4.90. The molecule has 2 heterocycles. The van der Waals surface area contributed by atoms with Crippen LogP contribution in [-0.2, 0) is 14.4 Å². The van der Waals surface area contributed by atoms with Crippen molar-refractivity contribution in [2.45, 2.75) is 19.3 Å². The molecule has 2 saturated heterocycles. The van der Waals surface area contributed by atoms with Crippen LogP contribution in [0.2, 0.25) is 0 Å². The molecular formula is C25H23N3O3. The van der Waals surface area contributed by atoms with E-state index in [9.17, 15) is 14.4 Å². The molecule has 5 rings (SSSR count). The van der Waals surface area contributed by atoms with Gasteiger partial charge in [-0.1, -0.05) is 36.4 Å². The zero-order valence-corrected chi connectivity index (χ0v) is 17.1. The first-order valence-corrected chi connectivity index (χ1v) is 10.6. The van der Waals surface area contributed by atoms with Crippen LogP contribution in [0, 0.1) is 5.92 Å². The van der Waals surface area contributed by atoms with E-state index in [-0.39, 0.29) is 24.1 Å². The Morgan fingerprint density at radius 2 is 1.65 bits per heavy atom. The Balaban J connectivity index is 1.28. The second-order valence-corrected chi connectivity index (χ2v) is 8.09. The Morgan fingerprint density at radius 1 is 0.871 bits per heavy atom. The SMILES string of the molecule is O=C(Nc1ccc(N2CCCC2=O)cc1)C1CC(=O)N(c2cccc3ccccc23)C1. The van der Waals surface area contributed by atoms with E-state index < -0.39 is 5.92 Å². The summed E-state index contributed by atoms with van der Waals surface area (Å²) in [5.74, 6) is -0.485. The summed E-state index contributed by atoms with van der Waals surface area (Å²) in [4.78, 5) is 40.9. The molecular weight excluding hydrogens is 390 g/mol. The monoisotopic (exact) mass is 413 g/mol. The van der Waals surface area contributed by atoms with E-state index in [0.717, 1.165) is 35.1 Å². The van der Waals surface area contributed by atoms with Gasteiger partial charge in [-0.3, -0.25) is 14.4 Å². The number of amides is 3. The molecule has 2 aliphatic rings. The van der Waals surface area contributed by atoms with Gasteiger partial charge in [0.2, 0.25) is 17.7 Å². The lowest BCUT2D eigenvalue weighted by molar-refractivity contribution is -0.122. The molecule has 1 atom stereocenters. The molecule has 2 aliphatic heterocycles. The molecule has 0 aliphatic carbocycles. The first-order valence-electron chi connectivity index (χ1n) is 10.6. The quantitative estimate of drug-likeness (QED) is 0.704. The first kappa shape index (κ1) is 19.3. The number of benzene rings is 3. The minimum absolute atomic E-state index is 0.0422. The summed E-state index contributed by atoms with van der Waals surface area (Å²) in [6.45, 7) is 1.10. The summed E-state index contributed by atoms with van der Waals surface area (Å²) in [5, 5.41) is 4.99. The summed E-state index contributed by atoms with van der Waals surface area (Å²) in [6, 6.07) is 21.1. The molecule has 3 amide bonds. The third-order valence-electron chi connectivity index (χ3n) is 6.07. The van der Waals surface area contributed by atoms with Crippen LogP contribution in [0.4, 0.5) is 17.1 Å². The fourth-order valence-corrected chi connectivity index (χ4v) is 4.45. The van der Waals surface area contributed by atoms with Crippen molar-refractivity contribution < 1.29 is 14.4 Å². The molecule has 6 nitrogen and oxygen atoms in total. The summed E-state index contributed by atoms with van der Waals surface area (Å²) in [6.07, 6.45) is 1.65. The van der Waals surface area contributed by atoms with Crippen molar-refractivity contribution in [2.75, 3.05) is 28.2 Å². The molecule has 6 heteroatoms. The number of nitrogens with one attached hydrogen (secondary N) is 1. The van der Waals surface area contributed by atoms with E-state index in [1.807, 2.05) is 54.6 Å². The first-order chi connectivity index (χ1) is 15.1. The normalized spacial score (nSPS) is 18.8. The van der Waals surface area contributed by atoms with Crippen molar-refractivity contribution in [3.05, 3.63) is 66.7 Å². The van der Waals surface area contributed by atoms with E-state index in [1.165, 1.54) is 0 Å². The maximum absolute atomic E-state index is 12.8. The number of carbonyl (C=O) groups excluding carboxylic acids is 3. The molecule has 3 aromatic carbocycles. The van der Waals surface area contributed by atoms with Gasteiger partial charge in [-0.05, 0) is 42.1 Å². The predicted octanol–water partition coefficient (Wildman–Crippen LogP) is 3.96. The maximum atomic E-state index is 12.8. The molecule has 1 N–H and O–H groups in total. The van der Waals surface area contributed by atoms with Gasteiger partial charge in [0.1, 0.15) is 0 Å². The average Bonchev–Trinajstić information content (AvgIpc) is 3.39. The number of rotatable bonds is 4. The summed E-state index contributed by atoms with van der Waals surface area (Å²) < 4.78 is 0. The van der Waals surface area contributed by atoms with Crippen LogP contribution in [0.25, 0.3) is 10.8 Å². The van der Waals surface area contributed by atoms with E-state index in [0.29, 0.717) is 18.7 Å². The van der Waals surface area contributed by atoms with Crippen LogP contribution in [-0.4, -0.2) is 30.8 Å². The topological polar surface area (TPSA) is 69.7 Å². The van der Waals surface area contributed by atoms with Crippen LogP contribution in [0.5, 0.6) is 0 Å². The van der Waals surface area contributed by atoms with Crippen molar-refractivity contribution in [3.8, 4) is 0 Å². The Bertz CT molecular complexity index is 1170. The number of anilines is 3. The minimum atomic E-state index is -0.411. The fraction of sp³-hybridized carbons (Fsp3) is 0.240. The lowest BCUT2D eigenvalue weighted by Gasteiger charge is -2.19. The summed E-state index contributed by atoms with van der Waals surface area (Å²) in [7, 11) is 0. The van der Waals surface area contributed by atoms with Gasteiger partial charge in [0, 0.05) is 42.7 Å². The van der Waals surface area contributed by atoms with Crippen molar-refractivity contribution in [2.24, 2.45) is 5.92 Å². The lowest BCUT2D eigenvalue weighted by Crippen LogP contribution is -2.28. The van der Waals surface area contributed by atoms with Crippen molar-refractivity contribution in [3.63, 3.8) is 0 Å². The molecule has 0 aromatic heterocycles. The molecule has 0 saturated carbocycles. The van der Waals surface area contributed by atoms with Crippen molar-refractivity contribution >= 4 is 45.6 Å². The Labute approximate surface area is 180 Å². The molecule has 3 aromatic rings. The van der Waals surface area contributed by atoms with Gasteiger partial charge in [0.15, 0.2) is 0 Å². The second kappa shape index (κ2) is 7.87. The van der Waals surface area contributed by atoms with Gasteiger partial charge < -0.3 is 15.1 Å². The highest BCUT2D eigenvalue weighted by Crippen LogP contribution is 2.32. The van der Waals surface area contributed by atoms with Crippen LogP contribution < -0.4 is 15.1 Å². The zero-order chi connectivity index (χ0) is 21.4. The highest BCUT2D eigenvalue weighted by atomic mass is 16.2. The summed E-state index contributed by atoms with van der Waals surface area (Å²) in [5.41, 5.74) is 2.35. The fourth-order valence-electron chi connectivity index (χ4n) is 4.45. The number of hydrogen-bond acceptors (Lipinski definition) is 3. The van der Waals surface area contributed by atoms with Crippen LogP contribution >= 0.6 is 0 Å². The van der Waals surface area contributed by atoms with Crippen molar-refractivity contribution in [1.82, 2.24) is 0 Å². The largest absolute Gasteiger partial charge is 0.326 e. The zero-order valence-electron chi connectivity index (χ0n) is 17.1. The van der Waals surface area contributed by atoms with E-state index in [2.05, 4.69) is 5.32 Å². The predicted molar refractivity (Wildman–Crippen MR) is 121 cm³/mol. The average molecular weight is 413 g/mol. The van der Waals surface area contributed by atoms with Gasteiger partial charge in [-0.15, -0.1) is 0 Å². The number of fused-ring (bicyclic) bond motifs is 1. The van der Waals surface area contributed by atoms with Crippen molar-refractivity contribution in [1.29, 1.82) is 0 Å². The third-order valence-corrected chi connectivity index (χ3v) is 6.07. The van der Waals surface area contributed by atoms with E-state index >= 15 is 0 Å². The van der Waals surface area contributed by atoms with Gasteiger partial charge in [0.05, 0.1) is 11.6 Å². The Hall–Kier alpha value is -3.67. The van der Waals surface area contributed by atoms with Gasteiger partial charge in [-0.25, -0.2) is 0 Å². The Morgan fingerprint density at radius 3 is 2.42 bits per heavy atom. The number of carbonyl (C=O) groups is 3. The maximum Gasteiger partial charge on any atom is 0.229 e. The highest BCUT2D eigenvalue weighted by Gasteiger charge is 2.35. The smallest absolute Gasteiger partial charge is 0.229 e. The van der Waals surface area contributed by atoms with Gasteiger partial charge in [0.25, 0.3) is 0 Å². The van der Waals surface area contributed by atoms with E-state index in [4.69, 9.17) is 0 Å². The molecule has 0 spiro atoms. The third kappa shape index (κ3) is 3.65. The molecule has 1 unspecified atom stereocenters. The minimum Gasteiger partial charge on any atom is -0.326 e. The van der Waals surface area contributed by atoms with E-state index in [1.54, 1.807) is 21.9 Å². The number of hydrogen-bond donors (Lipinski definition) is 1.